The van der Waals surface area contributed by atoms with Crippen LogP contribution in [-0.2, 0) is 4.79 Å². The Morgan fingerprint density at radius 2 is 1.85 bits per heavy atom. The lowest BCUT2D eigenvalue weighted by Gasteiger charge is -2.23. The molecule has 0 N–H and O–H groups in total. The van der Waals surface area contributed by atoms with Crippen molar-refractivity contribution >= 4 is 5.91 Å². The van der Waals surface area contributed by atoms with Gasteiger partial charge in [0.05, 0.1) is 0 Å². The highest BCUT2D eigenvalue weighted by atomic mass is 16.2. The average molecular weight is 277 g/mol. The third-order valence-electron chi connectivity index (χ3n) is 3.73. The van der Waals surface area contributed by atoms with E-state index in [4.69, 9.17) is 0 Å². The number of carbonyl (C=O) groups excluding carboxylic acids is 1. The van der Waals surface area contributed by atoms with Gasteiger partial charge in [-0.3, -0.25) is 4.79 Å². The van der Waals surface area contributed by atoms with Gasteiger partial charge in [0.2, 0.25) is 5.91 Å². The first-order valence-corrected chi connectivity index (χ1v) is 7.98. The number of hydrogen-bond donors (Lipinski definition) is 0. The summed E-state index contributed by atoms with van der Waals surface area (Å²) in [4.78, 5) is 14.3. The molecule has 0 unspecified atom stereocenters. The van der Waals surface area contributed by atoms with Crippen LogP contribution in [0.1, 0.15) is 60.3 Å². The lowest BCUT2D eigenvalue weighted by atomic mass is 10.1. The molecule has 0 spiro atoms. The lowest BCUT2D eigenvalue weighted by molar-refractivity contribution is -0.134. The molecule has 0 bridgehead atoms. The molecule has 1 rings (SSSR count). The summed E-state index contributed by atoms with van der Waals surface area (Å²) >= 11 is 0. The van der Waals surface area contributed by atoms with Crippen LogP contribution in [0.15, 0.2) is 23.3 Å². The molecule has 1 saturated carbocycles. The van der Waals surface area contributed by atoms with Crippen molar-refractivity contribution in [2.75, 3.05) is 13.1 Å². The van der Waals surface area contributed by atoms with Crippen LogP contribution in [0.25, 0.3) is 0 Å². The molecule has 2 heteroatoms. The zero-order valence-electron chi connectivity index (χ0n) is 13.9. The maximum Gasteiger partial charge on any atom is 0.225 e. The van der Waals surface area contributed by atoms with Crippen LogP contribution in [0, 0.1) is 11.8 Å². The Bertz CT molecular complexity index is 371. The summed E-state index contributed by atoms with van der Waals surface area (Å²) in [6, 6.07) is 0. The summed E-state index contributed by atoms with van der Waals surface area (Å²) in [6.45, 7) is 12.2. The molecule has 0 saturated heterocycles. The van der Waals surface area contributed by atoms with E-state index < -0.39 is 0 Å². The van der Waals surface area contributed by atoms with Gasteiger partial charge >= 0.3 is 0 Å². The highest BCUT2D eigenvalue weighted by Crippen LogP contribution is 2.30. The molecule has 0 heterocycles. The number of nitrogens with zero attached hydrogens (tertiary/aromatic N) is 1. The number of rotatable bonds is 8. The standard InChI is InChI=1S/C18H31NO/c1-14(2)7-6-8-16(5)11-12-19(13-17-9-10-17)18(20)15(3)4/h7,11,15,17H,6,8-10,12-13H2,1-5H3. The minimum atomic E-state index is 0.105. The summed E-state index contributed by atoms with van der Waals surface area (Å²) < 4.78 is 0. The van der Waals surface area contributed by atoms with Crippen molar-refractivity contribution in [2.24, 2.45) is 11.8 Å². The Hall–Kier alpha value is -1.05. The Balaban J connectivity index is 2.46. The van der Waals surface area contributed by atoms with Crippen LogP contribution in [0.4, 0.5) is 0 Å². The maximum absolute atomic E-state index is 12.2. The van der Waals surface area contributed by atoms with Crippen molar-refractivity contribution in [3.8, 4) is 0 Å². The molecule has 0 aromatic carbocycles. The molecule has 0 radical (unpaired) electrons. The summed E-state index contributed by atoms with van der Waals surface area (Å²) in [5.41, 5.74) is 2.77. The molecule has 0 atom stereocenters. The fourth-order valence-electron chi connectivity index (χ4n) is 2.19. The smallest absolute Gasteiger partial charge is 0.225 e. The third kappa shape index (κ3) is 6.93. The van der Waals surface area contributed by atoms with Crippen molar-refractivity contribution < 1.29 is 4.79 Å². The fraction of sp³-hybridized carbons (Fsp3) is 0.722. The van der Waals surface area contributed by atoms with Gasteiger partial charge in [-0.1, -0.05) is 37.1 Å². The van der Waals surface area contributed by atoms with Crippen LogP contribution in [0.2, 0.25) is 0 Å². The average Bonchev–Trinajstić information content (AvgIpc) is 3.16. The molecule has 1 fully saturated rings. The monoisotopic (exact) mass is 277 g/mol. The number of allylic oxidation sites excluding steroid dienone is 3. The molecular weight excluding hydrogens is 246 g/mol. The largest absolute Gasteiger partial charge is 0.338 e. The molecule has 0 aliphatic heterocycles. The van der Waals surface area contributed by atoms with E-state index in [-0.39, 0.29) is 5.92 Å². The molecular formula is C18H31NO. The zero-order valence-corrected chi connectivity index (χ0v) is 13.9. The molecule has 20 heavy (non-hydrogen) atoms. The van der Waals surface area contributed by atoms with Crippen molar-refractivity contribution in [3.63, 3.8) is 0 Å². The van der Waals surface area contributed by atoms with Gasteiger partial charge in [0.25, 0.3) is 0 Å². The zero-order chi connectivity index (χ0) is 15.1. The fourth-order valence-corrected chi connectivity index (χ4v) is 2.19. The molecule has 114 valence electrons. The molecule has 0 aromatic heterocycles. The predicted octanol–water partition coefficient (Wildman–Crippen LogP) is 4.57. The predicted molar refractivity (Wildman–Crippen MR) is 86.6 cm³/mol. The maximum atomic E-state index is 12.2. The van der Waals surface area contributed by atoms with Crippen molar-refractivity contribution in [1.82, 2.24) is 4.90 Å². The van der Waals surface area contributed by atoms with E-state index in [9.17, 15) is 4.79 Å². The van der Waals surface area contributed by atoms with Crippen LogP contribution >= 0.6 is 0 Å². The van der Waals surface area contributed by atoms with Crippen LogP contribution in [0.3, 0.4) is 0 Å². The molecule has 1 amide bonds. The Labute approximate surface area is 124 Å². The highest BCUT2D eigenvalue weighted by Gasteiger charge is 2.27. The Morgan fingerprint density at radius 1 is 1.20 bits per heavy atom. The number of carbonyl (C=O) groups is 1. The van der Waals surface area contributed by atoms with E-state index in [1.165, 1.54) is 24.0 Å². The SMILES string of the molecule is CC(C)=CCCC(C)=CCN(CC1CC1)C(=O)C(C)C. The minimum Gasteiger partial charge on any atom is -0.338 e. The second-order valence-electron chi connectivity index (χ2n) is 6.71. The molecule has 0 aromatic rings. The van der Waals surface area contributed by atoms with Crippen LogP contribution in [0.5, 0.6) is 0 Å². The van der Waals surface area contributed by atoms with E-state index in [0.717, 1.165) is 31.8 Å². The van der Waals surface area contributed by atoms with Gasteiger partial charge < -0.3 is 4.90 Å². The molecule has 1 aliphatic rings. The first-order valence-electron chi connectivity index (χ1n) is 7.98. The van der Waals surface area contributed by atoms with Gasteiger partial charge in [-0.25, -0.2) is 0 Å². The normalized spacial score (nSPS) is 15.4. The Kier molecular flexibility index (Phi) is 7.04. The first-order chi connectivity index (χ1) is 9.40. The Morgan fingerprint density at radius 3 is 2.35 bits per heavy atom. The summed E-state index contributed by atoms with van der Waals surface area (Å²) in [5, 5.41) is 0. The van der Waals surface area contributed by atoms with E-state index >= 15 is 0 Å². The number of amides is 1. The summed E-state index contributed by atoms with van der Waals surface area (Å²) in [6.07, 6.45) is 9.31. The van der Waals surface area contributed by atoms with Gasteiger partial charge in [-0.2, -0.15) is 0 Å². The molecule has 1 aliphatic carbocycles. The van der Waals surface area contributed by atoms with Crippen molar-refractivity contribution in [2.45, 2.75) is 60.3 Å². The van der Waals surface area contributed by atoms with E-state index in [1.54, 1.807) is 0 Å². The van der Waals surface area contributed by atoms with Gasteiger partial charge in [0.1, 0.15) is 0 Å². The minimum absolute atomic E-state index is 0.105. The van der Waals surface area contributed by atoms with E-state index in [0.29, 0.717) is 5.91 Å². The first kappa shape index (κ1) is 17.0. The van der Waals surface area contributed by atoms with E-state index in [2.05, 4.69) is 32.9 Å². The lowest BCUT2D eigenvalue weighted by Crippen LogP contribution is -2.36. The van der Waals surface area contributed by atoms with Crippen molar-refractivity contribution in [3.05, 3.63) is 23.3 Å². The summed E-state index contributed by atoms with van der Waals surface area (Å²) in [7, 11) is 0. The van der Waals surface area contributed by atoms with Crippen LogP contribution in [-0.4, -0.2) is 23.9 Å². The summed E-state index contributed by atoms with van der Waals surface area (Å²) in [5.74, 6) is 1.16. The van der Waals surface area contributed by atoms with Crippen LogP contribution < -0.4 is 0 Å². The topological polar surface area (TPSA) is 20.3 Å². The third-order valence-corrected chi connectivity index (χ3v) is 3.73. The second kappa shape index (κ2) is 8.28. The van der Waals surface area contributed by atoms with E-state index in [1.807, 2.05) is 18.7 Å². The van der Waals surface area contributed by atoms with Gasteiger partial charge in [-0.15, -0.1) is 0 Å². The second-order valence-corrected chi connectivity index (χ2v) is 6.71. The quantitative estimate of drug-likeness (QED) is 0.595. The van der Waals surface area contributed by atoms with Gasteiger partial charge in [0.15, 0.2) is 0 Å². The van der Waals surface area contributed by atoms with Gasteiger partial charge in [-0.05, 0) is 52.4 Å². The molecule has 2 nitrogen and oxygen atoms in total. The van der Waals surface area contributed by atoms with Gasteiger partial charge in [0, 0.05) is 19.0 Å². The highest BCUT2D eigenvalue weighted by molar-refractivity contribution is 5.78. The van der Waals surface area contributed by atoms with Crippen molar-refractivity contribution in [1.29, 1.82) is 0 Å². The number of hydrogen-bond acceptors (Lipinski definition) is 1.